The van der Waals surface area contributed by atoms with Crippen molar-refractivity contribution in [1.82, 2.24) is 0 Å². The van der Waals surface area contributed by atoms with Crippen LogP contribution in [0.1, 0.15) is 11.1 Å². The van der Waals surface area contributed by atoms with Gasteiger partial charge in [0.05, 0.1) is 0 Å². The van der Waals surface area contributed by atoms with Crippen LogP contribution in [-0.4, -0.2) is 0 Å². The topological polar surface area (TPSA) is 0 Å². The molecule has 92 valence electrons. The Hall–Kier alpha value is -2.03. The Kier molecular flexibility index (Phi) is 3.82. The van der Waals surface area contributed by atoms with Gasteiger partial charge in [-0.2, -0.15) is 0 Å². The molecule has 0 nitrogen and oxygen atoms in total. The molecule has 0 aliphatic heterocycles. The highest BCUT2D eigenvalue weighted by Crippen LogP contribution is 2.12. The van der Waals surface area contributed by atoms with Crippen LogP contribution in [0, 0.1) is 17.5 Å². The summed E-state index contributed by atoms with van der Waals surface area (Å²) in [6.07, 6.45) is 3.88. The fourth-order valence-corrected chi connectivity index (χ4v) is 1.58. The molecule has 2 aromatic carbocycles. The van der Waals surface area contributed by atoms with Crippen molar-refractivity contribution >= 4 is 6.08 Å². The lowest BCUT2D eigenvalue weighted by Gasteiger charge is -1.99. The van der Waals surface area contributed by atoms with Gasteiger partial charge in [0, 0.05) is 6.07 Å². The summed E-state index contributed by atoms with van der Waals surface area (Å²) in [5, 5.41) is 0. The molecule has 0 unspecified atom stereocenters. The molecular formula is C15H11F3. The summed E-state index contributed by atoms with van der Waals surface area (Å²) in [6.45, 7) is 0. The number of allylic oxidation sites excluding steroid dienone is 1. The molecule has 0 saturated carbocycles. The maximum Gasteiger partial charge on any atom is 0.129 e. The van der Waals surface area contributed by atoms with E-state index >= 15 is 0 Å². The third-order valence-electron chi connectivity index (χ3n) is 2.53. The highest BCUT2D eigenvalue weighted by atomic mass is 19.1. The molecule has 18 heavy (non-hydrogen) atoms. The molecule has 0 N–H and O–H groups in total. The van der Waals surface area contributed by atoms with Crippen molar-refractivity contribution < 1.29 is 13.2 Å². The third kappa shape index (κ3) is 3.23. The van der Waals surface area contributed by atoms with Gasteiger partial charge < -0.3 is 0 Å². The molecule has 2 aromatic rings. The smallest absolute Gasteiger partial charge is 0.129 e. The van der Waals surface area contributed by atoms with Crippen molar-refractivity contribution in [3.8, 4) is 0 Å². The summed E-state index contributed by atoms with van der Waals surface area (Å²) in [7, 11) is 0. The summed E-state index contributed by atoms with van der Waals surface area (Å²) in [4.78, 5) is 0. The van der Waals surface area contributed by atoms with Crippen molar-refractivity contribution in [2.75, 3.05) is 0 Å². The van der Waals surface area contributed by atoms with Gasteiger partial charge in [0.15, 0.2) is 0 Å². The van der Waals surface area contributed by atoms with E-state index in [-0.39, 0.29) is 5.82 Å². The molecule has 2 rings (SSSR count). The molecule has 0 heterocycles. The van der Waals surface area contributed by atoms with E-state index in [9.17, 15) is 13.2 Å². The first-order chi connectivity index (χ1) is 8.65. The number of rotatable bonds is 3. The van der Waals surface area contributed by atoms with Crippen LogP contribution in [0.2, 0.25) is 0 Å². The van der Waals surface area contributed by atoms with Crippen molar-refractivity contribution in [2.24, 2.45) is 0 Å². The van der Waals surface area contributed by atoms with Gasteiger partial charge in [-0.15, -0.1) is 0 Å². The van der Waals surface area contributed by atoms with Gasteiger partial charge in [0.2, 0.25) is 0 Å². The quantitative estimate of drug-likeness (QED) is 0.757. The van der Waals surface area contributed by atoms with Gasteiger partial charge in [0.25, 0.3) is 0 Å². The minimum atomic E-state index is -0.584. The summed E-state index contributed by atoms with van der Waals surface area (Å²) in [5.74, 6) is -1.44. The molecule has 0 amide bonds. The van der Waals surface area contributed by atoms with Crippen molar-refractivity contribution in [3.63, 3.8) is 0 Å². The molecule has 0 fully saturated rings. The maximum absolute atomic E-state index is 13.3. The normalized spacial score (nSPS) is 11.1. The molecule has 0 atom stereocenters. The number of halogens is 3. The van der Waals surface area contributed by atoms with E-state index in [1.165, 1.54) is 24.3 Å². The van der Waals surface area contributed by atoms with Gasteiger partial charge in [-0.3, -0.25) is 0 Å². The summed E-state index contributed by atoms with van der Waals surface area (Å²) in [5.41, 5.74) is 1.26. The summed E-state index contributed by atoms with van der Waals surface area (Å²) < 4.78 is 38.6. The van der Waals surface area contributed by atoms with E-state index < -0.39 is 11.6 Å². The van der Waals surface area contributed by atoms with Crippen LogP contribution in [0.5, 0.6) is 0 Å². The van der Waals surface area contributed by atoms with Crippen LogP contribution in [0.3, 0.4) is 0 Å². The lowest BCUT2D eigenvalue weighted by atomic mass is 10.1. The van der Waals surface area contributed by atoms with E-state index in [0.717, 1.165) is 11.6 Å². The maximum atomic E-state index is 13.3. The van der Waals surface area contributed by atoms with Gasteiger partial charge in [-0.05, 0) is 35.7 Å². The van der Waals surface area contributed by atoms with E-state index in [1.54, 1.807) is 24.3 Å². The van der Waals surface area contributed by atoms with Crippen LogP contribution < -0.4 is 0 Å². The Morgan fingerprint density at radius 1 is 0.833 bits per heavy atom. The Bertz CT molecular complexity index is 556. The van der Waals surface area contributed by atoms with E-state index in [1.807, 2.05) is 0 Å². The van der Waals surface area contributed by atoms with E-state index in [2.05, 4.69) is 0 Å². The third-order valence-corrected chi connectivity index (χ3v) is 2.53. The first kappa shape index (κ1) is 12.4. The molecule has 3 heteroatoms. The SMILES string of the molecule is Fc1ccc(/C=C/Cc2ccc(F)cc2F)cc1. The van der Waals surface area contributed by atoms with Crippen LogP contribution in [0.25, 0.3) is 6.08 Å². The molecule has 0 bridgehead atoms. The molecule has 0 aliphatic rings. The van der Waals surface area contributed by atoms with Crippen LogP contribution in [-0.2, 0) is 6.42 Å². The zero-order chi connectivity index (χ0) is 13.0. The second-order valence-corrected chi connectivity index (χ2v) is 3.89. The molecule has 0 aliphatic carbocycles. The Labute approximate surface area is 103 Å². The second kappa shape index (κ2) is 5.54. The molecule has 0 aromatic heterocycles. The van der Waals surface area contributed by atoms with Gasteiger partial charge >= 0.3 is 0 Å². The fourth-order valence-electron chi connectivity index (χ4n) is 1.58. The minimum Gasteiger partial charge on any atom is -0.207 e. The largest absolute Gasteiger partial charge is 0.207 e. The van der Waals surface area contributed by atoms with Crippen LogP contribution >= 0.6 is 0 Å². The van der Waals surface area contributed by atoms with E-state index in [4.69, 9.17) is 0 Å². The fraction of sp³-hybridized carbons (Fsp3) is 0.0667. The van der Waals surface area contributed by atoms with Gasteiger partial charge in [-0.1, -0.05) is 30.4 Å². The molecular weight excluding hydrogens is 237 g/mol. The number of benzene rings is 2. The second-order valence-electron chi connectivity index (χ2n) is 3.89. The van der Waals surface area contributed by atoms with E-state index in [0.29, 0.717) is 12.0 Å². The highest BCUT2D eigenvalue weighted by Gasteiger charge is 2.01. The monoisotopic (exact) mass is 248 g/mol. The average molecular weight is 248 g/mol. The van der Waals surface area contributed by atoms with Crippen molar-refractivity contribution in [3.05, 3.63) is 77.1 Å². The van der Waals surface area contributed by atoms with Crippen LogP contribution in [0.15, 0.2) is 48.5 Å². The zero-order valence-corrected chi connectivity index (χ0v) is 9.54. The number of hydrogen-bond acceptors (Lipinski definition) is 0. The predicted octanol–water partition coefficient (Wildman–Crippen LogP) is 4.36. The molecule has 0 radical (unpaired) electrons. The van der Waals surface area contributed by atoms with Gasteiger partial charge in [0.1, 0.15) is 17.5 Å². The van der Waals surface area contributed by atoms with Crippen LogP contribution in [0.4, 0.5) is 13.2 Å². The Morgan fingerprint density at radius 3 is 2.17 bits per heavy atom. The lowest BCUT2D eigenvalue weighted by Crippen LogP contribution is -1.89. The van der Waals surface area contributed by atoms with Gasteiger partial charge in [-0.25, -0.2) is 13.2 Å². The standard InChI is InChI=1S/C15H11F3/c16-13-7-4-11(5-8-13)2-1-3-12-6-9-14(17)10-15(12)18/h1-2,4-10H,3H2/b2-1+. The van der Waals surface area contributed by atoms with Crippen molar-refractivity contribution in [1.29, 1.82) is 0 Å². The highest BCUT2D eigenvalue weighted by molar-refractivity contribution is 5.49. The first-order valence-corrected chi connectivity index (χ1v) is 5.51. The lowest BCUT2D eigenvalue weighted by molar-refractivity contribution is 0.575. The summed E-state index contributed by atoms with van der Waals surface area (Å²) >= 11 is 0. The summed E-state index contributed by atoms with van der Waals surface area (Å²) in [6, 6.07) is 9.49. The number of hydrogen-bond donors (Lipinski definition) is 0. The molecule has 0 saturated heterocycles. The minimum absolute atomic E-state index is 0.295. The zero-order valence-electron chi connectivity index (χ0n) is 9.54. The first-order valence-electron chi connectivity index (χ1n) is 5.51. The molecule has 0 spiro atoms. The Balaban J connectivity index is 2.05. The Morgan fingerprint density at radius 2 is 1.50 bits per heavy atom. The average Bonchev–Trinajstić information content (AvgIpc) is 2.34. The van der Waals surface area contributed by atoms with Crippen molar-refractivity contribution in [2.45, 2.75) is 6.42 Å². The predicted molar refractivity (Wildman–Crippen MR) is 65.5 cm³/mol.